The maximum atomic E-state index is 9.26. The van der Waals surface area contributed by atoms with E-state index in [9.17, 15) is 5.11 Å². The molecular weight excluding hydrogens is 322 g/mol. The highest BCUT2D eigenvalue weighted by atomic mass is 79.9. The van der Waals surface area contributed by atoms with Gasteiger partial charge in [0, 0.05) is 27.0 Å². The second-order valence-corrected chi connectivity index (χ2v) is 6.16. The minimum atomic E-state index is -0.319. The lowest BCUT2D eigenvalue weighted by molar-refractivity contribution is 0.132. The van der Waals surface area contributed by atoms with Crippen LogP contribution < -0.4 is 5.73 Å². The van der Waals surface area contributed by atoms with Crippen LogP contribution in [0.25, 0.3) is 0 Å². The molecule has 0 amide bonds. The predicted molar refractivity (Wildman–Crippen MR) is 69.6 cm³/mol. The van der Waals surface area contributed by atoms with Crippen molar-refractivity contribution in [1.82, 2.24) is 0 Å². The van der Waals surface area contributed by atoms with E-state index < -0.39 is 0 Å². The van der Waals surface area contributed by atoms with Crippen LogP contribution in [0.2, 0.25) is 0 Å². The summed E-state index contributed by atoms with van der Waals surface area (Å²) in [7, 11) is 0. The summed E-state index contributed by atoms with van der Waals surface area (Å²) in [5.74, 6) is 0. The molecule has 0 radical (unpaired) electrons. The molecule has 0 fully saturated rings. The van der Waals surface area contributed by atoms with Crippen LogP contribution in [0.5, 0.6) is 0 Å². The second kappa shape index (κ2) is 4.95. The summed E-state index contributed by atoms with van der Waals surface area (Å²) in [6.07, 6.45) is 0. The number of hydrogen-bond acceptors (Lipinski definition) is 2. The molecule has 0 aliphatic heterocycles. The Labute approximate surface area is 107 Å². The summed E-state index contributed by atoms with van der Waals surface area (Å²) in [6.45, 7) is 3.97. The first-order chi connectivity index (χ1) is 6.86. The van der Waals surface area contributed by atoms with E-state index in [1.165, 1.54) is 0 Å². The summed E-state index contributed by atoms with van der Waals surface area (Å²) < 4.78 is 1.96. The summed E-state index contributed by atoms with van der Waals surface area (Å²) in [5.41, 5.74) is 6.81. The van der Waals surface area contributed by atoms with Crippen molar-refractivity contribution in [2.24, 2.45) is 11.1 Å². The second-order valence-electron chi connectivity index (χ2n) is 4.33. The SMILES string of the molecule is CC(C)(CO)[C@H](N)c1cc(Br)cc(Br)c1. The monoisotopic (exact) mass is 335 g/mol. The molecule has 0 bridgehead atoms. The molecule has 0 saturated carbocycles. The Balaban J connectivity index is 3.06. The standard InChI is InChI=1S/C11H15Br2NO/c1-11(2,6-15)10(14)7-3-8(12)5-9(13)4-7/h3-5,10,15H,6,14H2,1-2H3/t10-/m1/s1. The normalized spacial score (nSPS) is 14.0. The average molecular weight is 337 g/mol. The van der Waals surface area contributed by atoms with E-state index >= 15 is 0 Å². The van der Waals surface area contributed by atoms with Gasteiger partial charge in [0.15, 0.2) is 0 Å². The fraction of sp³-hybridized carbons (Fsp3) is 0.455. The zero-order valence-electron chi connectivity index (χ0n) is 8.80. The molecular formula is C11H15Br2NO. The molecule has 0 spiro atoms. The molecule has 0 unspecified atom stereocenters. The van der Waals surface area contributed by atoms with Crippen LogP contribution in [0.4, 0.5) is 0 Å². The number of aliphatic hydroxyl groups is 1. The molecule has 1 aromatic carbocycles. The van der Waals surface area contributed by atoms with Crippen molar-refractivity contribution in [2.75, 3.05) is 6.61 Å². The molecule has 0 aliphatic rings. The first-order valence-corrected chi connectivity index (χ1v) is 6.28. The molecule has 84 valence electrons. The van der Waals surface area contributed by atoms with Crippen molar-refractivity contribution in [1.29, 1.82) is 0 Å². The molecule has 15 heavy (non-hydrogen) atoms. The Kier molecular flexibility index (Phi) is 4.35. The topological polar surface area (TPSA) is 46.2 Å². The first-order valence-electron chi connectivity index (χ1n) is 4.69. The largest absolute Gasteiger partial charge is 0.396 e. The van der Waals surface area contributed by atoms with Gasteiger partial charge >= 0.3 is 0 Å². The molecule has 0 saturated heterocycles. The van der Waals surface area contributed by atoms with Gasteiger partial charge in [-0.2, -0.15) is 0 Å². The van der Waals surface area contributed by atoms with Crippen LogP contribution in [0.3, 0.4) is 0 Å². The lowest BCUT2D eigenvalue weighted by atomic mass is 9.82. The van der Waals surface area contributed by atoms with Crippen molar-refractivity contribution in [3.05, 3.63) is 32.7 Å². The van der Waals surface area contributed by atoms with Gasteiger partial charge in [0.1, 0.15) is 0 Å². The van der Waals surface area contributed by atoms with Gasteiger partial charge in [-0.3, -0.25) is 0 Å². The third kappa shape index (κ3) is 3.28. The number of halogens is 2. The van der Waals surface area contributed by atoms with E-state index in [-0.39, 0.29) is 18.1 Å². The molecule has 2 nitrogen and oxygen atoms in total. The Hall–Kier alpha value is 0.1000. The molecule has 0 heterocycles. The first kappa shape index (κ1) is 13.2. The summed E-state index contributed by atoms with van der Waals surface area (Å²) in [4.78, 5) is 0. The molecule has 1 atom stereocenters. The van der Waals surface area contributed by atoms with Crippen LogP contribution in [0, 0.1) is 5.41 Å². The minimum Gasteiger partial charge on any atom is -0.396 e. The fourth-order valence-corrected chi connectivity index (χ4v) is 2.63. The third-order valence-corrected chi connectivity index (χ3v) is 3.41. The highest BCUT2D eigenvalue weighted by Gasteiger charge is 2.27. The van der Waals surface area contributed by atoms with Gasteiger partial charge in [-0.05, 0) is 23.8 Å². The molecule has 3 N–H and O–H groups in total. The highest BCUT2D eigenvalue weighted by Crippen LogP contribution is 2.33. The number of hydrogen-bond donors (Lipinski definition) is 2. The maximum Gasteiger partial charge on any atom is 0.0500 e. The smallest absolute Gasteiger partial charge is 0.0500 e. The summed E-state index contributed by atoms with van der Waals surface area (Å²) >= 11 is 6.84. The fourth-order valence-electron chi connectivity index (χ4n) is 1.30. The van der Waals surface area contributed by atoms with Gasteiger partial charge in [-0.1, -0.05) is 45.7 Å². The van der Waals surface area contributed by atoms with Crippen LogP contribution in [-0.4, -0.2) is 11.7 Å². The molecule has 4 heteroatoms. The van der Waals surface area contributed by atoms with Crippen LogP contribution in [0.1, 0.15) is 25.5 Å². The van der Waals surface area contributed by atoms with Gasteiger partial charge in [0.25, 0.3) is 0 Å². The van der Waals surface area contributed by atoms with Gasteiger partial charge < -0.3 is 10.8 Å². The van der Waals surface area contributed by atoms with Crippen LogP contribution >= 0.6 is 31.9 Å². The zero-order chi connectivity index (χ0) is 11.6. The maximum absolute atomic E-state index is 9.26. The van der Waals surface area contributed by atoms with Gasteiger partial charge in [0.05, 0.1) is 0 Å². The number of aliphatic hydroxyl groups excluding tert-OH is 1. The number of nitrogens with two attached hydrogens (primary N) is 1. The zero-order valence-corrected chi connectivity index (χ0v) is 12.0. The lowest BCUT2D eigenvalue weighted by Crippen LogP contribution is -2.32. The van der Waals surface area contributed by atoms with Crippen molar-refractivity contribution in [2.45, 2.75) is 19.9 Å². The summed E-state index contributed by atoms with van der Waals surface area (Å²) in [6, 6.07) is 5.73. The molecule has 0 aliphatic carbocycles. The van der Waals surface area contributed by atoms with E-state index in [2.05, 4.69) is 31.9 Å². The van der Waals surface area contributed by atoms with Crippen LogP contribution in [-0.2, 0) is 0 Å². The molecule has 0 aromatic heterocycles. The van der Waals surface area contributed by atoms with Crippen molar-refractivity contribution in [3.63, 3.8) is 0 Å². The summed E-state index contributed by atoms with van der Waals surface area (Å²) in [5, 5.41) is 9.26. The lowest BCUT2D eigenvalue weighted by Gasteiger charge is -2.30. The Bertz CT molecular complexity index is 332. The quantitative estimate of drug-likeness (QED) is 0.890. The van der Waals surface area contributed by atoms with Crippen LogP contribution in [0.15, 0.2) is 27.1 Å². The van der Waals surface area contributed by atoms with Gasteiger partial charge in [-0.25, -0.2) is 0 Å². The Morgan fingerprint density at radius 1 is 1.27 bits per heavy atom. The average Bonchev–Trinajstić information content (AvgIpc) is 2.15. The van der Waals surface area contributed by atoms with Crippen molar-refractivity contribution < 1.29 is 5.11 Å². The minimum absolute atomic E-state index is 0.0678. The number of benzene rings is 1. The Morgan fingerprint density at radius 3 is 2.13 bits per heavy atom. The van der Waals surface area contributed by atoms with E-state index in [0.717, 1.165) is 14.5 Å². The van der Waals surface area contributed by atoms with E-state index in [1.807, 2.05) is 32.0 Å². The van der Waals surface area contributed by atoms with E-state index in [4.69, 9.17) is 5.73 Å². The highest BCUT2D eigenvalue weighted by molar-refractivity contribution is 9.11. The van der Waals surface area contributed by atoms with E-state index in [0.29, 0.717) is 0 Å². The van der Waals surface area contributed by atoms with Crippen molar-refractivity contribution in [3.8, 4) is 0 Å². The van der Waals surface area contributed by atoms with E-state index in [1.54, 1.807) is 0 Å². The molecule has 1 rings (SSSR count). The van der Waals surface area contributed by atoms with Crippen molar-refractivity contribution >= 4 is 31.9 Å². The molecule has 1 aromatic rings. The third-order valence-electron chi connectivity index (χ3n) is 2.49. The predicted octanol–water partition coefficient (Wildman–Crippen LogP) is 3.23. The Morgan fingerprint density at radius 2 is 1.73 bits per heavy atom. The van der Waals surface area contributed by atoms with Gasteiger partial charge in [0.2, 0.25) is 0 Å². The van der Waals surface area contributed by atoms with Gasteiger partial charge in [-0.15, -0.1) is 0 Å². The number of rotatable bonds is 3.